The van der Waals surface area contributed by atoms with Gasteiger partial charge in [-0.05, 0) is 23.3 Å². The van der Waals surface area contributed by atoms with Gasteiger partial charge < -0.3 is 0 Å². The quantitative estimate of drug-likeness (QED) is 0.589. The van der Waals surface area contributed by atoms with Crippen LogP contribution in [-0.4, -0.2) is 5.78 Å². The third kappa shape index (κ3) is 1.58. The van der Waals surface area contributed by atoms with Gasteiger partial charge in [-0.3, -0.25) is 14.5 Å². The minimum atomic E-state index is -0.299. The first-order chi connectivity index (χ1) is 10.6. The van der Waals surface area contributed by atoms with Crippen molar-refractivity contribution >= 4 is 17.2 Å². The van der Waals surface area contributed by atoms with Crippen molar-refractivity contribution in [1.82, 2.24) is 0 Å². The fourth-order valence-corrected chi connectivity index (χ4v) is 2.51. The van der Waals surface area contributed by atoms with Crippen LogP contribution < -0.4 is 0 Å². The van der Waals surface area contributed by atoms with Gasteiger partial charge in [0.2, 0.25) is 0 Å². The average molecular weight is 280 g/mol. The number of nitrogens with zero attached hydrogens (tertiary/aromatic N) is 4. The lowest BCUT2D eigenvalue weighted by molar-refractivity contribution is 0.104. The molecule has 0 atom stereocenters. The summed E-state index contributed by atoms with van der Waals surface area (Å²) in [5.41, 5.74) is 2.30. The highest BCUT2D eigenvalue weighted by molar-refractivity contribution is 6.23. The number of benzene rings is 2. The fourth-order valence-electron chi connectivity index (χ4n) is 2.51. The van der Waals surface area contributed by atoms with E-state index in [0.29, 0.717) is 22.3 Å². The molecule has 0 N–H and O–H groups in total. The molecule has 0 saturated carbocycles. The zero-order valence-electron chi connectivity index (χ0n) is 11.0. The van der Waals surface area contributed by atoms with Crippen LogP contribution in [0.25, 0.3) is 20.8 Å². The topological polar surface area (TPSA) is 73.4 Å². The molecule has 0 aliphatic heterocycles. The Kier molecular flexibility index (Phi) is 2.71. The Balaban J connectivity index is 2.39. The van der Waals surface area contributed by atoms with Gasteiger partial charge in [0.25, 0.3) is 0 Å². The lowest BCUT2D eigenvalue weighted by Gasteiger charge is -2.03. The van der Waals surface area contributed by atoms with Crippen molar-refractivity contribution in [2.24, 2.45) is 0 Å². The van der Waals surface area contributed by atoms with Crippen molar-refractivity contribution in [2.75, 3.05) is 0 Å². The zero-order valence-corrected chi connectivity index (χ0v) is 11.0. The zero-order chi connectivity index (χ0) is 15.9. The molecule has 0 radical (unpaired) electrons. The summed E-state index contributed by atoms with van der Waals surface area (Å²) in [5.74, 6) is -0.299. The summed E-state index contributed by atoms with van der Waals surface area (Å²) in [5, 5.41) is 18.2. The molecule has 2 aromatic carbocycles. The van der Waals surface area contributed by atoms with E-state index in [0.717, 1.165) is 0 Å². The van der Waals surface area contributed by atoms with Crippen LogP contribution in [0.1, 0.15) is 27.0 Å². The maximum absolute atomic E-state index is 12.5. The summed E-state index contributed by atoms with van der Waals surface area (Å²) in [6, 6.07) is 9.60. The number of ketones is 1. The SMILES string of the molecule is [C-]#[N+]c1cc2c(cc1[N+]#[C-])-c1cc(C#N)c(C#N)cc1C2=O. The molecule has 0 heterocycles. The second kappa shape index (κ2) is 4.57. The first-order valence-corrected chi connectivity index (χ1v) is 6.11. The molecule has 3 rings (SSSR count). The molecule has 5 heteroatoms. The molecule has 1 aliphatic carbocycles. The Labute approximate surface area is 125 Å². The Hall–Kier alpha value is -3.93. The first-order valence-electron chi connectivity index (χ1n) is 6.11. The molecule has 1 aliphatic rings. The van der Waals surface area contributed by atoms with E-state index < -0.39 is 0 Å². The third-order valence-corrected chi connectivity index (χ3v) is 3.53. The van der Waals surface area contributed by atoms with E-state index in [1.165, 1.54) is 24.3 Å². The highest BCUT2D eigenvalue weighted by Crippen LogP contribution is 2.43. The summed E-state index contributed by atoms with van der Waals surface area (Å²) >= 11 is 0. The van der Waals surface area contributed by atoms with E-state index in [-0.39, 0.29) is 28.3 Å². The second-order valence-corrected chi connectivity index (χ2v) is 4.61. The molecule has 2 aromatic rings. The summed E-state index contributed by atoms with van der Waals surface area (Å²) in [6.07, 6.45) is 0. The van der Waals surface area contributed by atoms with Gasteiger partial charge in [0.15, 0.2) is 17.2 Å². The molecule has 98 valence electrons. The molecule has 0 fully saturated rings. The predicted molar refractivity (Wildman–Crippen MR) is 77.3 cm³/mol. The minimum absolute atomic E-state index is 0.121. The molecule has 0 amide bonds. The Morgan fingerprint density at radius 1 is 0.773 bits per heavy atom. The highest BCUT2D eigenvalue weighted by atomic mass is 16.1. The molecular formula is C17H4N4O. The van der Waals surface area contributed by atoms with Gasteiger partial charge in [-0.25, -0.2) is 0 Å². The summed E-state index contributed by atoms with van der Waals surface area (Å²) in [6.45, 7) is 14.2. The Morgan fingerprint density at radius 2 is 1.18 bits per heavy atom. The van der Waals surface area contributed by atoms with Crippen LogP contribution >= 0.6 is 0 Å². The Morgan fingerprint density at radius 3 is 1.68 bits per heavy atom. The largest absolute Gasteiger partial charge is 0.289 e. The van der Waals surface area contributed by atoms with Crippen LogP contribution in [0.2, 0.25) is 0 Å². The second-order valence-electron chi connectivity index (χ2n) is 4.61. The van der Waals surface area contributed by atoms with Gasteiger partial charge >= 0.3 is 0 Å². The van der Waals surface area contributed by atoms with E-state index in [1.54, 1.807) is 0 Å². The van der Waals surface area contributed by atoms with Gasteiger partial charge in [0.1, 0.15) is 12.1 Å². The van der Waals surface area contributed by atoms with E-state index >= 15 is 0 Å². The molecule has 0 spiro atoms. The van der Waals surface area contributed by atoms with E-state index in [2.05, 4.69) is 9.69 Å². The molecule has 0 aromatic heterocycles. The average Bonchev–Trinajstić information content (AvgIpc) is 2.83. The van der Waals surface area contributed by atoms with Gasteiger partial charge in [0, 0.05) is 11.1 Å². The molecule has 5 nitrogen and oxygen atoms in total. The smallest absolute Gasteiger partial charge is 0.195 e. The summed E-state index contributed by atoms with van der Waals surface area (Å²) < 4.78 is 0. The minimum Gasteiger partial charge on any atom is -0.289 e. The summed E-state index contributed by atoms with van der Waals surface area (Å²) in [7, 11) is 0. The van der Waals surface area contributed by atoms with Crippen LogP contribution in [0.5, 0.6) is 0 Å². The lowest BCUT2D eigenvalue weighted by atomic mass is 9.99. The van der Waals surface area contributed by atoms with Crippen molar-refractivity contribution in [3.05, 3.63) is 69.4 Å². The monoisotopic (exact) mass is 280 g/mol. The normalized spacial score (nSPS) is 10.6. The Bertz CT molecular complexity index is 953. The lowest BCUT2D eigenvalue weighted by Crippen LogP contribution is -1.96. The number of carbonyl (C=O) groups excluding carboxylic acids is 1. The van der Waals surface area contributed by atoms with Crippen molar-refractivity contribution < 1.29 is 4.79 Å². The van der Waals surface area contributed by atoms with Crippen LogP contribution in [0.15, 0.2) is 24.3 Å². The predicted octanol–water partition coefficient (Wildman–Crippen LogP) is 3.74. The van der Waals surface area contributed by atoms with Gasteiger partial charge in [-0.15, -0.1) is 0 Å². The first kappa shape index (κ1) is 13.1. The molecule has 0 unspecified atom stereocenters. The van der Waals surface area contributed by atoms with Crippen molar-refractivity contribution in [3.63, 3.8) is 0 Å². The standard InChI is InChI=1S/C17H4N4O/c1-20-15-5-12-11-3-9(7-18)10(8-19)4-13(11)17(22)14(12)6-16(15)21-2/h3-6H. The van der Waals surface area contributed by atoms with Crippen LogP contribution in [0, 0.1) is 35.8 Å². The molecule has 22 heavy (non-hydrogen) atoms. The number of hydrogen-bond donors (Lipinski definition) is 0. The van der Waals surface area contributed by atoms with Crippen molar-refractivity contribution in [2.45, 2.75) is 0 Å². The van der Waals surface area contributed by atoms with Crippen LogP contribution in [-0.2, 0) is 0 Å². The molecular weight excluding hydrogens is 276 g/mol. The number of hydrogen-bond acceptors (Lipinski definition) is 3. The maximum Gasteiger partial charge on any atom is 0.195 e. The molecule has 0 saturated heterocycles. The van der Waals surface area contributed by atoms with Crippen LogP contribution in [0.3, 0.4) is 0 Å². The van der Waals surface area contributed by atoms with Crippen molar-refractivity contribution in [1.29, 1.82) is 10.5 Å². The fraction of sp³-hybridized carbons (Fsp3) is 0. The number of nitriles is 2. The van der Waals surface area contributed by atoms with Crippen molar-refractivity contribution in [3.8, 4) is 23.3 Å². The highest BCUT2D eigenvalue weighted by Gasteiger charge is 2.29. The van der Waals surface area contributed by atoms with Crippen LogP contribution in [0.4, 0.5) is 11.4 Å². The summed E-state index contributed by atoms with van der Waals surface area (Å²) in [4.78, 5) is 19.0. The van der Waals surface area contributed by atoms with E-state index in [4.69, 9.17) is 23.7 Å². The molecule has 0 bridgehead atoms. The third-order valence-electron chi connectivity index (χ3n) is 3.53. The van der Waals surface area contributed by atoms with E-state index in [9.17, 15) is 4.79 Å². The maximum atomic E-state index is 12.5. The number of fused-ring (bicyclic) bond motifs is 3. The van der Waals surface area contributed by atoms with Gasteiger partial charge in [-0.2, -0.15) is 10.5 Å². The number of carbonyl (C=O) groups is 1. The number of rotatable bonds is 0. The van der Waals surface area contributed by atoms with Gasteiger partial charge in [-0.1, -0.05) is 12.1 Å². The van der Waals surface area contributed by atoms with E-state index in [1.807, 2.05) is 12.1 Å². The van der Waals surface area contributed by atoms with Gasteiger partial charge in [0.05, 0.1) is 24.3 Å².